The topological polar surface area (TPSA) is 73.7 Å². The third kappa shape index (κ3) is 3.09. The number of aromatic hydroxyl groups is 1. The average Bonchev–Trinajstić information content (AvgIpc) is 2.15. The van der Waals surface area contributed by atoms with Crippen molar-refractivity contribution in [2.24, 2.45) is 0 Å². The summed E-state index contributed by atoms with van der Waals surface area (Å²) in [4.78, 5) is 16.7. The lowest BCUT2D eigenvalue weighted by Crippen LogP contribution is -2.46. The highest BCUT2D eigenvalue weighted by molar-refractivity contribution is 5.66. The van der Waals surface area contributed by atoms with E-state index in [2.05, 4.69) is 4.98 Å². The largest absolute Gasteiger partial charge is 0.506 e. The average molecular weight is 238 g/mol. The summed E-state index contributed by atoms with van der Waals surface area (Å²) in [5.41, 5.74) is 0.102. The van der Waals surface area contributed by atoms with Crippen LogP contribution in [-0.4, -0.2) is 31.7 Å². The molecular weight excluding hydrogens is 220 g/mol. The summed E-state index contributed by atoms with van der Waals surface area (Å²) < 4.78 is 0. The highest BCUT2D eigenvalue weighted by Crippen LogP contribution is 2.27. The Bertz CT molecular complexity index is 395. The van der Waals surface area contributed by atoms with Crippen LogP contribution in [-0.2, 0) is 0 Å². The quantitative estimate of drug-likeness (QED) is 0.830. The van der Waals surface area contributed by atoms with Crippen LogP contribution in [0.15, 0.2) is 18.3 Å². The fourth-order valence-electron chi connectivity index (χ4n) is 1.81. The van der Waals surface area contributed by atoms with E-state index in [9.17, 15) is 9.90 Å². The van der Waals surface area contributed by atoms with E-state index in [1.807, 2.05) is 20.8 Å². The van der Waals surface area contributed by atoms with Crippen LogP contribution in [0.4, 0.5) is 4.79 Å². The summed E-state index contributed by atoms with van der Waals surface area (Å²) >= 11 is 0. The van der Waals surface area contributed by atoms with Gasteiger partial charge >= 0.3 is 6.09 Å². The van der Waals surface area contributed by atoms with Crippen LogP contribution in [0.5, 0.6) is 5.75 Å². The lowest BCUT2D eigenvalue weighted by Gasteiger charge is -2.37. The Labute approximate surface area is 101 Å². The molecule has 5 nitrogen and oxygen atoms in total. The maximum Gasteiger partial charge on any atom is 0.408 e. The van der Waals surface area contributed by atoms with Crippen molar-refractivity contribution < 1.29 is 15.0 Å². The van der Waals surface area contributed by atoms with Crippen molar-refractivity contribution in [3.8, 4) is 5.75 Å². The minimum Gasteiger partial charge on any atom is -0.506 e. The molecule has 1 rings (SSSR count). The Morgan fingerprint density at radius 2 is 2.00 bits per heavy atom. The first-order chi connectivity index (χ1) is 7.73. The standard InChI is InChI=1S/C12H18N2O3/c1-8(10-6-5-9(15)7-13-10)14(11(16)17)12(2,3)4/h5-8,15H,1-4H3,(H,16,17). The third-order valence-corrected chi connectivity index (χ3v) is 2.51. The maximum absolute atomic E-state index is 11.3. The molecule has 0 saturated carbocycles. The normalized spacial score (nSPS) is 13.2. The Balaban J connectivity index is 3.04. The van der Waals surface area contributed by atoms with Gasteiger partial charge in [-0.25, -0.2) is 4.79 Å². The summed E-state index contributed by atoms with van der Waals surface area (Å²) in [6.07, 6.45) is 0.328. The first-order valence-electron chi connectivity index (χ1n) is 5.40. The molecule has 1 heterocycles. The molecule has 0 spiro atoms. The van der Waals surface area contributed by atoms with E-state index in [1.165, 1.54) is 17.2 Å². The van der Waals surface area contributed by atoms with E-state index < -0.39 is 11.6 Å². The number of carboxylic acid groups (broad SMARTS) is 1. The monoisotopic (exact) mass is 238 g/mol. The molecule has 2 N–H and O–H groups in total. The fraction of sp³-hybridized carbons (Fsp3) is 0.500. The van der Waals surface area contributed by atoms with Crippen LogP contribution in [0.3, 0.4) is 0 Å². The number of nitrogens with zero attached hydrogens (tertiary/aromatic N) is 2. The number of carbonyl (C=O) groups is 1. The minimum atomic E-state index is -0.986. The van der Waals surface area contributed by atoms with Gasteiger partial charge in [-0.1, -0.05) is 0 Å². The smallest absolute Gasteiger partial charge is 0.408 e. The summed E-state index contributed by atoms with van der Waals surface area (Å²) in [7, 11) is 0. The number of rotatable bonds is 2. The molecule has 0 fully saturated rings. The van der Waals surface area contributed by atoms with Gasteiger partial charge in [-0.05, 0) is 39.8 Å². The molecule has 0 aromatic carbocycles. The number of hydrogen-bond acceptors (Lipinski definition) is 3. The Morgan fingerprint density at radius 1 is 1.41 bits per heavy atom. The van der Waals surface area contributed by atoms with Gasteiger partial charge < -0.3 is 10.2 Å². The number of pyridine rings is 1. The molecule has 1 amide bonds. The first-order valence-corrected chi connectivity index (χ1v) is 5.40. The predicted molar refractivity (Wildman–Crippen MR) is 63.9 cm³/mol. The van der Waals surface area contributed by atoms with Gasteiger partial charge in [0.05, 0.1) is 17.9 Å². The Kier molecular flexibility index (Phi) is 3.60. The van der Waals surface area contributed by atoms with Crippen LogP contribution in [0.25, 0.3) is 0 Å². The Morgan fingerprint density at radius 3 is 2.35 bits per heavy atom. The number of aromatic nitrogens is 1. The molecule has 0 bridgehead atoms. The molecular formula is C12H18N2O3. The van der Waals surface area contributed by atoms with Gasteiger partial charge in [0.1, 0.15) is 5.75 Å². The number of hydrogen-bond donors (Lipinski definition) is 2. The molecule has 0 radical (unpaired) electrons. The fourth-order valence-corrected chi connectivity index (χ4v) is 1.81. The zero-order valence-corrected chi connectivity index (χ0v) is 10.5. The lowest BCUT2D eigenvalue weighted by molar-refractivity contribution is 0.0740. The minimum absolute atomic E-state index is 0.0681. The number of amides is 1. The van der Waals surface area contributed by atoms with Crippen LogP contribution in [0, 0.1) is 0 Å². The van der Waals surface area contributed by atoms with Crippen molar-refractivity contribution in [1.29, 1.82) is 0 Å². The van der Waals surface area contributed by atoms with Crippen molar-refractivity contribution in [3.05, 3.63) is 24.0 Å². The van der Waals surface area contributed by atoms with Crippen LogP contribution in [0.1, 0.15) is 39.4 Å². The summed E-state index contributed by atoms with van der Waals surface area (Å²) in [5, 5.41) is 18.4. The highest BCUT2D eigenvalue weighted by atomic mass is 16.4. The molecule has 1 aromatic heterocycles. The molecule has 0 saturated heterocycles. The molecule has 17 heavy (non-hydrogen) atoms. The zero-order chi connectivity index (χ0) is 13.2. The molecule has 0 aliphatic carbocycles. The second-order valence-electron chi connectivity index (χ2n) is 4.94. The first kappa shape index (κ1) is 13.3. The molecule has 1 aromatic rings. The van der Waals surface area contributed by atoms with E-state index >= 15 is 0 Å². The molecule has 1 unspecified atom stereocenters. The molecule has 5 heteroatoms. The second kappa shape index (κ2) is 4.61. The SMILES string of the molecule is CC(c1ccc(O)cn1)N(C(=O)O)C(C)(C)C. The van der Waals surface area contributed by atoms with E-state index in [4.69, 9.17) is 5.11 Å². The van der Waals surface area contributed by atoms with Gasteiger partial charge in [0, 0.05) is 5.54 Å². The molecule has 0 aliphatic rings. The Hall–Kier alpha value is -1.78. The van der Waals surface area contributed by atoms with Crippen molar-refractivity contribution in [2.75, 3.05) is 0 Å². The van der Waals surface area contributed by atoms with Crippen LogP contribution >= 0.6 is 0 Å². The van der Waals surface area contributed by atoms with Gasteiger partial charge in [0.15, 0.2) is 0 Å². The van der Waals surface area contributed by atoms with Gasteiger partial charge in [-0.3, -0.25) is 9.88 Å². The lowest BCUT2D eigenvalue weighted by atomic mass is 10.0. The van der Waals surface area contributed by atoms with Gasteiger partial charge in [0.25, 0.3) is 0 Å². The van der Waals surface area contributed by atoms with Gasteiger partial charge in [-0.15, -0.1) is 0 Å². The summed E-state index contributed by atoms with van der Waals surface area (Å²) in [6.45, 7) is 7.27. The highest BCUT2D eigenvalue weighted by Gasteiger charge is 2.32. The van der Waals surface area contributed by atoms with E-state index in [0.29, 0.717) is 5.69 Å². The summed E-state index contributed by atoms with van der Waals surface area (Å²) in [6, 6.07) is 2.76. The van der Waals surface area contributed by atoms with Crippen molar-refractivity contribution in [2.45, 2.75) is 39.3 Å². The second-order valence-corrected chi connectivity index (χ2v) is 4.94. The van der Waals surface area contributed by atoms with Crippen molar-refractivity contribution in [1.82, 2.24) is 9.88 Å². The van der Waals surface area contributed by atoms with Crippen molar-refractivity contribution >= 4 is 6.09 Å². The van der Waals surface area contributed by atoms with Crippen LogP contribution < -0.4 is 0 Å². The van der Waals surface area contributed by atoms with Gasteiger partial charge in [-0.2, -0.15) is 0 Å². The summed E-state index contributed by atoms with van der Waals surface area (Å²) in [5.74, 6) is 0.0681. The zero-order valence-electron chi connectivity index (χ0n) is 10.5. The van der Waals surface area contributed by atoms with E-state index in [0.717, 1.165) is 0 Å². The predicted octanol–water partition coefficient (Wildman–Crippen LogP) is 2.63. The van der Waals surface area contributed by atoms with E-state index in [1.54, 1.807) is 13.0 Å². The van der Waals surface area contributed by atoms with E-state index in [-0.39, 0.29) is 11.8 Å². The molecule has 0 aliphatic heterocycles. The molecule has 94 valence electrons. The molecule has 1 atom stereocenters. The maximum atomic E-state index is 11.3. The van der Waals surface area contributed by atoms with Crippen molar-refractivity contribution in [3.63, 3.8) is 0 Å². The van der Waals surface area contributed by atoms with Crippen LogP contribution in [0.2, 0.25) is 0 Å². The third-order valence-electron chi connectivity index (χ3n) is 2.51. The van der Waals surface area contributed by atoms with Gasteiger partial charge in [0.2, 0.25) is 0 Å².